The van der Waals surface area contributed by atoms with Crippen molar-refractivity contribution in [2.24, 2.45) is 0 Å². The smallest absolute Gasteiger partial charge is 0.790 e. The number of aromatic amines is 1. The van der Waals surface area contributed by atoms with Crippen molar-refractivity contribution in [2.75, 3.05) is 12.3 Å². The van der Waals surface area contributed by atoms with Gasteiger partial charge in [-0.25, -0.2) is 14.3 Å². The SMILES string of the molecule is Nc1nc(=S)c2ncn([C@@H]3O[C@H](COP(=O)([O-])OP(=O)([O-])OP(=O)([O-])[O-])C(O)[C@@H]3O)c2[nH]1.[Na+].[Na+].[Na+].[Na+]. The summed E-state index contributed by atoms with van der Waals surface area (Å²) in [6.45, 7) is -1.09. The molecule has 0 amide bonds. The third-order valence-corrected chi connectivity index (χ3v) is 7.82. The van der Waals surface area contributed by atoms with Crippen molar-refractivity contribution in [1.29, 1.82) is 0 Å². The van der Waals surface area contributed by atoms with Crippen LogP contribution in [0.1, 0.15) is 6.23 Å². The van der Waals surface area contributed by atoms with Gasteiger partial charge in [0.1, 0.15) is 29.5 Å². The molecule has 26 heteroatoms. The zero-order valence-electron chi connectivity index (χ0n) is 19.1. The van der Waals surface area contributed by atoms with E-state index in [-0.39, 0.29) is 140 Å². The standard InChI is InChI=1S/C10H16N5O13P3S.4Na/c11-10-13-7-4(8(32)14-10)12-2-15(7)9-6(17)5(16)3(26-9)1-25-30(21,22)28-31(23,24)27-29(18,19)20;;;;/h2-3,5-6,9,16-17H,1H2,(H,21,22)(H,23,24)(H2,18,19,20)(H3,11,13,14,32);;;;/q;4*+1/p-4/t3-,5?,6+,9-;;;;/m1..../s1. The fourth-order valence-corrected chi connectivity index (χ4v) is 5.80. The van der Waals surface area contributed by atoms with Gasteiger partial charge in [0.15, 0.2) is 16.8 Å². The van der Waals surface area contributed by atoms with Crippen LogP contribution in [0, 0.1) is 4.64 Å². The van der Waals surface area contributed by atoms with Crippen LogP contribution in [0.3, 0.4) is 0 Å². The Morgan fingerprint density at radius 3 is 2.22 bits per heavy atom. The van der Waals surface area contributed by atoms with E-state index in [1.54, 1.807) is 0 Å². The molecule has 3 rings (SSSR count). The third-order valence-electron chi connectivity index (χ3n) is 3.87. The van der Waals surface area contributed by atoms with Crippen molar-refractivity contribution in [3.8, 4) is 0 Å². The van der Waals surface area contributed by atoms with Gasteiger partial charge in [0.2, 0.25) is 0 Å². The van der Waals surface area contributed by atoms with Crippen molar-refractivity contribution < 1.29 is 180 Å². The topological polar surface area (TPSA) is 293 Å². The van der Waals surface area contributed by atoms with Crippen molar-refractivity contribution >= 4 is 52.8 Å². The Kier molecular flexibility index (Phi) is 18.1. The minimum atomic E-state index is -6.15. The second-order valence-electron chi connectivity index (χ2n) is 6.12. The van der Waals surface area contributed by atoms with E-state index in [9.17, 15) is 43.5 Å². The third kappa shape index (κ3) is 10.9. The molecule has 5 N–H and O–H groups in total. The Labute approximate surface area is 295 Å². The molecule has 36 heavy (non-hydrogen) atoms. The molecule has 0 aliphatic carbocycles. The summed E-state index contributed by atoms with van der Waals surface area (Å²) < 4.78 is 50.4. The molecular formula is C10H12N5Na4O13P3S. The minimum Gasteiger partial charge on any atom is -0.790 e. The molecule has 6 atom stereocenters. The maximum Gasteiger partial charge on any atom is 1.00 e. The second kappa shape index (κ2) is 15.9. The van der Waals surface area contributed by atoms with E-state index in [2.05, 4.69) is 28.1 Å². The Morgan fingerprint density at radius 2 is 1.67 bits per heavy atom. The predicted molar refractivity (Wildman–Crippen MR) is 94.0 cm³/mol. The number of aliphatic hydroxyl groups is 2. The van der Waals surface area contributed by atoms with Gasteiger partial charge in [-0.2, -0.15) is 0 Å². The van der Waals surface area contributed by atoms with Crippen LogP contribution in [-0.4, -0.2) is 54.7 Å². The summed E-state index contributed by atoms with van der Waals surface area (Å²) in [4.78, 5) is 53.8. The Balaban J connectivity index is 0. The molecule has 1 aliphatic rings. The molecule has 0 radical (unpaired) electrons. The van der Waals surface area contributed by atoms with Gasteiger partial charge in [0, 0.05) is 0 Å². The molecule has 0 spiro atoms. The first kappa shape index (κ1) is 41.0. The van der Waals surface area contributed by atoms with Gasteiger partial charge in [-0.05, 0) is 0 Å². The van der Waals surface area contributed by atoms with Gasteiger partial charge in [-0.1, -0.05) is 12.2 Å². The van der Waals surface area contributed by atoms with Gasteiger partial charge >= 0.3 is 118 Å². The number of nitrogen functional groups attached to an aromatic ring is 1. The van der Waals surface area contributed by atoms with Crippen molar-refractivity contribution in [2.45, 2.75) is 24.5 Å². The van der Waals surface area contributed by atoms with Gasteiger partial charge < -0.3 is 54.3 Å². The molecule has 1 saturated heterocycles. The summed E-state index contributed by atoms with van der Waals surface area (Å²) in [6, 6.07) is 0. The molecule has 0 aromatic carbocycles. The molecular weight excluding hydrogens is 615 g/mol. The van der Waals surface area contributed by atoms with E-state index in [1.165, 1.54) is 10.9 Å². The minimum absolute atomic E-state index is 0. The molecule has 2 aromatic heterocycles. The summed E-state index contributed by atoms with van der Waals surface area (Å²) in [5.41, 5.74) is 5.92. The van der Waals surface area contributed by atoms with Crippen LogP contribution in [0.15, 0.2) is 6.33 Å². The zero-order valence-corrected chi connectivity index (χ0v) is 30.6. The van der Waals surface area contributed by atoms with Crippen LogP contribution >= 0.6 is 35.7 Å². The van der Waals surface area contributed by atoms with Crippen molar-refractivity contribution in [1.82, 2.24) is 19.5 Å². The largest absolute Gasteiger partial charge is 1.00 e. The molecule has 1 fully saturated rings. The van der Waals surface area contributed by atoms with E-state index in [1.807, 2.05) is 0 Å². The van der Waals surface area contributed by atoms with Crippen LogP contribution < -0.4 is 144 Å². The number of rotatable bonds is 8. The van der Waals surface area contributed by atoms with E-state index < -0.39 is 54.6 Å². The predicted octanol–water partition coefficient (Wildman–Crippen LogP) is -15.5. The molecule has 2 aromatic rings. The molecule has 0 saturated carbocycles. The molecule has 180 valence electrons. The number of nitrogens with zero attached hydrogens (tertiary/aromatic N) is 3. The van der Waals surface area contributed by atoms with E-state index in [0.29, 0.717) is 0 Å². The first-order valence-electron chi connectivity index (χ1n) is 8.04. The van der Waals surface area contributed by atoms with Crippen LogP contribution in [0.4, 0.5) is 5.95 Å². The number of nitrogens with two attached hydrogens (primary N) is 1. The summed E-state index contributed by atoms with van der Waals surface area (Å²) in [7, 11) is -18.1. The van der Waals surface area contributed by atoms with Gasteiger partial charge in [0.25, 0.3) is 15.6 Å². The monoisotopic (exact) mass is 627 g/mol. The number of H-pyrrole nitrogens is 1. The van der Waals surface area contributed by atoms with E-state index >= 15 is 0 Å². The maximum absolute atomic E-state index is 11.6. The summed E-state index contributed by atoms with van der Waals surface area (Å²) in [5.74, 6) is -0.0911. The molecule has 0 bridgehead atoms. The number of aliphatic hydroxyl groups excluding tert-OH is 2. The first-order valence-corrected chi connectivity index (χ1v) is 12.8. The molecule has 1 aliphatic heterocycles. The maximum atomic E-state index is 11.6. The number of anilines is 1. The molecule has 18 nitrogen and oxygen atoms in total. The zero-order chi connectivity index (χ0) is 24.1. The van der Waals surface area contributed by atoms with Crippen LogP contribution in [0.25, 0.3) is 11.2 Å². The fraction of sp³-hybridized carbons (Fsp3) is 0.500. The normalized spacial score (nSPS) is 24.8. The Bertz CT molecular complexity index is 1230. The number of imidazole rings is 1. The average Bonchev–Trinajstić information content (AvgIpc) is 3.12. The van der Waals surface area contributed by atoms with E-state index in [0.717, 1.165) is 0 Å². The summed E-state index contributed by atoms with van der Waals surface area (Å²) in [5, 5.41) is 20.4. The van der Waals surface area contributed by atoms with Crippen molar-refractivity contribution in [3.63, 3.8) is 0 Å². The van der Waals surface area contributed by atoms with Gasteiger partial charge in [0.05, 0.1) is 20.8 Å². The quantitative estimate of drug-likeness (QED) is 0.120. The van der Waals surface area contributed by atoms with Crippen LogP contribution in [0.2, 0.25) is 0 Å². The van der Waals surface area contributed by atoms with Crippen LogP contribution in [-0.2, 0) is 31.6 Å². The number of phosphoric ester groups is 1. The van der Waals surface area contributed by atoms with Crippen molar-refractivity contribution in [3.05, 3.63) is 11.0 Å². The molecule has 3 unspecified atom stereocenters. The second-order valence-corrected chi connectivity index (χ2v) is 10.8. The van der Waals surface area contributed by atoms with Crippen LogP contribution in [0.5, 0.6) is 0 Å². The Morgan fingerprint density at radius 1 is 1.08 bits per heavy atom. The number of nitrogens with one attached hydrogen (secondary N) is 1. The van der Waals surface area contributed by atoms with Gasteiger partial charge in [-0.3, -0.25) is 18.0 Å². The van der Waals surface area contributed by atoms with E-state index in [4.69, 9.17) is 22.7 Å². The number of aromatic nitrogens is 4. The average molecular weight is 627 g/mol. The number of fused-ring (bicyclic) bond motifs is 1. The van der Waals surface area contributed by atoms with Gasteiger partial charge in [-0.15, -0.1) is 0 Å². The fourth-order valence-electron chi connectivity index (χ4n) is 2.69. The summed E-state index contributed by atoms with van der Waals surface area (Å²) in [6.07, 6.45) is -5.16. The number of hydrogen-bond donors (Lipinski definition) is 4. The Hall–Kier alpha value is 2.86. The number of phosphoric acid groups is 3. The summed E-state index contributed by atoms with van der Waals surface area (Å²) >= 11 is 5.01. The number of hydrogen-bond acceptors (Lipinski definition) is 17. The number of ether oxygens (including phenoxy) is 1. The first-order chi connectivity index (χ1) is 14.6. The molecule has 3 heterocycles.